The Kier molecular flexibility index (Phi) is 5.69. The molecule has 1 N–H and O–H groups in total. The molecule has 0 aliphatic carbocycles. The van der Waals surface area contributed by atoms with Gasteiger partial charge in [-0.3, -0.25) is 0 Å². The molecule has 1 atom stereocenters. The quantitative estimate of drug-likeness (QED) is 0.815. The summed E-state index contributed by atoms with van der Waals surface area (Å²) in [6.07, 6.45) is 2.17. The zero-order valence-electron chi connectivity index (χ0n) is 12.1. The predicted octanol–water partition coefficient (Wildman–Crippen LogP) is 4.73. The number of aromatic nitrogens is 2. The van der Waals surface area contributed by atoms with Gasteiger partial charge in [-0.25, -0.2) is 0 Å². The highest BCUT2D eigenvalue weighted by Gasteiger charge is 2.15. The van der Waals surface area contributed by atoms with Crippen LogP contribution in [-0.2, 0) is 0 Å². The zero-order chi connectivity index (χ0) is 14.5. The molecule has 0 fully saturated rings. The highest BCUT2D eigenvalue weighted by Crippen LogP contribution is 2.31. The lowest BCUT2D eigenvalue weighted by molar-refractivity contribution is 0.513. The van der Waals surface area contributed by atoms with Crippen molar-refractivity contribution in [3.8, 4) is 10.6 Å². The van der Waals surface area contributed by atoms with E-state index in [1.807, 2.05) is 0 Å². The maximum Gasteiger partial charge on any atom is 0.148 e. The van der Waals surface area contributed by atoms with Crippen LogP contribution in [0.25, 0.3) is 10.6 Å². The number of nitrogens with one attached hydrogen (secondary N) is 1. The summed E-state index contributed by atoms with van der Waals surface area (Å²) in [6, 6.07) is 6.58. The summed E-state index contributed by atoms with van der Waals surface area (Å²) in [7, 11) is 0. The van der Waals surface area contributed by atoms with Gasteiger partial charge in [0, 0.05) is 10.0 Å². The van der Waals surface area contributed by atoms with E-state index in [2.05, 4.69) is 70.4 Å². The van der Waals surface area contributed by atoms with Gasteiger partial charge in [0.1, 0.15) is 10.0 Å². The van der Waals surface area contributed by atoms with Crippen LogP contribution in [0.5, 0.6) is 0 Å². The molecular weight excluding hydrogens is 334 g/mol. The molecule has 0 aliphatic heterocycles. The monoisotopic (exact) mass is 353 g/mol. The molecule has 1 heterocycles. The van der Waals surface area contributed by atoms with Gasteiger partial charge < -0.3 is 5.32 Å². The zero-order valence-corrected chi connectivity index (χ0v) is 14.5. The fraction of sp³-hybridized carbons (Fsp3) is 0.467. The lowest BCUT2D eigenvalue weighted by Gasteiger charge is -2.12. The van der Waals surface area contributed by atoms with Crippen molar-refractivity contribution >= 4 is 27.3 Å². The Labute approximate surface area is 133 Å². The van der Waals surface area contributed by atoms with Gasteiger partial charge in [0.15, 0.2) is 0 Å². The number of aryl methyl sites for hydroxylation is 1. The Bertz CT molecular complexity index is 568. The van der Waals surface area contributed by atoms with E-state index in [1.165, 1.54) is 11.1 Å². The van der Waals surface area contributed by atoms with Crippen LogP contribution in [0.1, 0.15) is 43.3 Å². The highest BCUT2D eigenvalue weighted by atomic mass is 79.9. The molecule has 5 heteroatoms. The third-order valence-electron chi connectivity index (χ3n) is 3.21. The fourth-order valence-electron chi connectivity index (χ4n) is 2.08. The maximum absolute atomic E-state index is 4.37. The van der Waals surface area contributed by atoms with Gasteiger partial charge in [-0.05, 0) is 44.0 Å². The molecule has 2 rings (SSSR count). The van der Waals surface area contributed by atoms with E-state index in [0.29, 0.717) is 6.04 Å². The Balaban J connectivity index is 2.23. The molecular formula is C15H20BrN3S. The molecule has 2 aromatic rings. The topological polar surface area (TPSA) is 37.8 Å². The Morgan fingerprint density at radius 1 is 1.30 bits per heavy atom. The number of nitrogens with zero attached hydrogens (tertiary/aromatic N) is 2. The van der Waals surface area contributed by atoms with Crippen molar-refractivity contribution in [2.24, 2.45) is 0 Å². The molecule has 0 bridgehead atoms. The molecule has 0 radical (unpaired) electrons. The maximum atomic E-state index is 4.37. The van der Waals surface area contributed by atoms with Crippen LogP contribution in [0.15, 0.2) is 22.7 Å². The molecule has 0 saturated carbocycles. The predicted molar refractivity (Wildman–Crippen MR) is 89.1 cm³/mol. The van der Waals surface area contributed by atoms with Crippen LogP contribution >= 0.6 is 27.3 Å². The highest BCUT2D eigenvalue weighted by molar-refractivity contribution is 9.10. The number of hydrogen-bond donors (Lipinski definition) is 1. The van der Waals surface area contributed by atoms with Gasteiger partial charge in [-0.1, -0.05) is 47.2 Å². The van der Waals surface area contributed by atoms with Crippen LogP contribution in [0.2, 0.25) is 0 Å². The molecule has 3 nitrogen and oxygen atoms in total. The number of rotatable bonds is 6. The lowest BCUT2D eigenvalue weighted by Crippen LogP contribution is -2.21. The minimum Gasteiger partial charge on any atom is -0.308 e. The van der Waals surface area contributed by atoms with Gasteiger partial charge in [0.25, 0.3) is 0 Å². The average Bonchev–Trinajstić information content (AvgIpc) is 2.89. The summed E-state index contributed by atoms with van der Waals surface area (Å²) in [6.45, 7) is 7.48. The van der Waals surface area contributed by atoms with E-state index < -0.39 is 0 Å². The van der Waals surface area contributed by atoms with Crippen molar-refractivity contribution in [3.63, 3.8) is 0 Å². The molecule has 1 aromatic heterocycles. The van der Waals surface area contributed by atoms with E-state index in [4.69, 9.17) is 0 Å². The molecule has 0 spiro atoms. The van der Waals surface area contributed by atoms with Crippen LogP contribution in [-0.4, -0.2) is 16.7 Å². The SMILES string of the molecule is CCCNC(CC)c1nnc(-c2ccc(Br)cc2C)s1. The second-order valence-corrected chi connectivity index (χ2v) is 6.74. The number of halogens is 1. The smallest absolute Gasteiger partial charge is 0.148 e. The largest absolute Gasteiger partial charge is 0.308 e. The van der Waals surface area contributed by atoms with Crippen LogP contribution in [0.4, 0.5) is 0 Å². The summed E-state index contributed by atoms with van der Waals surface area (Å²) in [4.78, 5) is 0. The van der Waals surface area contributed by atoms with Crippen molar-refractivity contribution in [1.82, 2.24) is 15.5 Å². The summed E-state index contributed by atoms with van der Waals surface area (Å²) < 4.78 is 1.10. The summed E-state index contributed by atoms with van der Waals surface area (Å²) in [5.74, 6) is 0. The Hall–Kier alpha value is -0.780. The van der Waals surface area contributed by atoms with Crippen molar-refractivity contribution in [1.29, 1.82) is 0 Å². The first-order chi connectivity index (χ1) is 9.65. The van der Waals surface area contributed by atoms with Gasteiger partial charge >= 0.3 is 0 Å². The van der Waals surface area contributed by atoms with Crippen molar-refractivity contribution in [3.05, 3.63) is 33.2 Å². The van der Waals surface area contributed by atoms with Gasteiger partial charge in [-0.2, -0.15) is 0 Å². The third kappa shape index (κ3) is 3.65. The normalized spacial score (nSPS) is 12.6. The van der Waals surface area contributed by atoms with Crippen molar-refractivity contribution < 1.29 is 0 Å². The number of hydrogen-bond acceptors (Lipinski definition) is 4. The molecule has 0 saturated heterocycles. The minimum absolute atomic E-state index is 0.317. The van der Waals surface area contributed by atoms with E-state index in [9.17, 15) is 0 Å². The first-order valence-electron chi connectivity index (χ1n) is 6.99. The first-order valence-corrected chi connectivity index (χ1v) is 8.60. The van der Waals surface area contributed by atoms with E-state index >= 15 is 0 Å². The second-order valence-electron chi connectivity index (χ2n) is 4.82. The molecule has 108 valence electrons. The molecule has 0 aliphatic rings. The van der Waals surface area contributed by atoms with Crippen LogP contribution in [0, 0.1) is 6.92 Å². The fourth-order valence-corrected chi connectivity index (χ4v) is 3.64. The van der Waals surface area contributed by atoms with E-state index in [0.717, 1.165) is 33.9 Å². The summed E-state index contributed by atoms with van der Waals surface area (Å²) in [5.41, 5.74) is 2.39. The van der Waals surface area contributed by atoms with E-state index in [-0.39, 0.29) is 0 Å². The third-order valence-corrected chi connectivity index (χ3v) is 4.77. The van der Waals surface area contributed by atoms with Crippen LogP contribution < -0.4 is 5.32 Å². The van der Waals surface area contributed by atoms with Gasteiger partial charge in [0.2, 0.25) is 0 Å². The van der Waals surface area contributed by atoms with E-state index in [1.54, 1.807) is 11.3 Å². The summed E-state index contributed by atoms with van der Waals surface area (Å²) >= 11 is 5.18. The Morgan fingerprint density at radius 2 is 2.10 bits per heavy atom. The average molecular weight is 354 g/mol. The summed E-state index contributed by atoms with van der Waals surface area (Å²) in [5, 5.41) is 14.3. The molecule has 0 amide bonds. The Morgan fingerprint density at radius 3 is 2.75 bits per heavy atom. The van der Waals surface area contributed by atoms with Gasteiger partial charge in [0.05, 0.1) is 6.04 Å². The van der Waals surface area contributed by atoms with Gasteiger partial charge in [-0.15, -0.1) is 10.2 Å². The van der Waals surface area contributed by atoms with Crippen molar-refractivity contribution in [2.75, 3.05) is 6.54 Å². The first kappa shape index (κ1) is 15.6. The van der Waals surface area contributed by atoms with Crippen molar-refractivity contribution in [2.45, 2.75) is 39.7 Å². The second kappa shape index (κ2) is 7.29. The molecule has 1 unspecified atom stereocenters. The lowest BCUT2D eigenvalue weighted by atomic mass is 10.1. The van der Waals surface area contributed by atoms with Crippen LogP contribution in [0.3, 0.4) is 0 Å². The number of benzene rings is 1. The molecule has 1 aromatic carbocycles. The molecule has 20 heavy (non-hydrogen) atoms. The standard InChI is InChI=1S/C15H20BrN3S/c1-4-8-17-13(5-2)15-19-18-14(20-15)12-7-6-11(16)9-10(12)3/h6-7,9,13,17H,4-5,8H2,1-3H3. The minimum atomic E-state index is 0.317.